The molecule has 0 spiro atoms. The number of fused-ring (bicyclic) bond motifs is 2. The van der Waals surface area contributed by atoms with Gasteiger partial charge in [-0.2, -0.15) is 0 Å². The highest BCUT2D eigenvalue weighted by atomic mass is 19.3. The maximum atomic E-state index is 15.8. The lowest BCUT2D eigenvalue weighted by molar-refractivity contribution is -0.286. The van der Waals surface area contributed by atoms with E-state index >= 15 is 4.39 Å². The van der Waals surface area contributed by atoms with Crippen LogP contribution in [-0.2, 0) is 28.6 Å². The summed E-state index contributed by atoms with van der Waals surface area (Å²) >= 11 is 0. The van der Waals surface area contributed by atoms with Crippen LogP contribution in [0.15, 0.2) is 36.4 Å². The quantitative estimate of drug-likeness (QED) is 0.410. The first-order valence-corrected chi connectivity index (χ1v) is 11.3. The lowest BCUT2D eigenvalue weighted by Crippen LogP contribution is -2.26. The second-order valence-corrected chi connectivity index (χ2v) is 9.15. The number of hydrogen-bond donors (Lipinski definition) is 2. The second-order valence-electron chi connectivity index (χ2n) is 9.15. The van der Waals surface area contributed by atoms with Gasteiger partial charge in [-0.3, -0.25) is 4.79 Å². The molecule has 6 nitrogen and oxygen atoms in total. The summed E-state index contributed by atoms with van der Waals surface area (Å²) in [5.74, 6) is -3.26. The fraction of sp³-hybridized carbons (Fsp3) is 0.464. The fourth-order valence-electron chi connectivity index (χ4n) is 4.41. The van der Waals surface area contributed by atoms with Gasteiger partial charge >= 0.3 is 6.29 Å². The molecule has 0 bridgehead atoms. The highest BCUT2D eigenvalue weighted by molar-refractivity contribution is 5.95. The molecule has 2 aliphatic rings. The van der Waals surface area contributed by atoms with Crippen LogP contribution in [0.5, 0.6) is 11.5 Å². The first kappa shape index (κ1) is 16.0. The number of alkyl halides is 2. The van der Waals surface area contributed by atoms with Crippen LogP contribution in [0.1, 0.15) is 70.3 Å². The van der Waals surface area contributed by atoms with Crippen LogP contribution < -0.4 is 9.47 Å². The molecule has 9 heteroatoms. The van der Waals surface area contributed by atoms with E-state index in [9.17, 15) is 23.8 Å². The minimum atomic E-state index is -4.05. The first-order chi connectivity index (χ1) is 21.2. The topological polar surface area (TPSA) is 80.9 Å². The lowest BCUT2D eigenvalue weighted by Gasteiger charge is -2.26. The number of Topliss-reactive ketones (excluding diaryl/α,β-unsaturated/α-hetero) is 1. The van der Waals surface area contributed by atoms with Crippen molar-refractivity contribution in [2.75, 3.05) is 6.61 Å². The minimum Gasteiger partial charge on any atom is -0.395 e. The molecule has 0 radical (unpaired) electrons. The SMILES string of the molecule is [2H]C([2H])([2H])C(C)(c1cc2cc(CC(=O)C3(c4ccc5c(c4)OC(F)(F)O5)C([2H])([2H])C3([2H])[2H])c(F)cc2n1C[C@]([2H])(O)CO)C([2H])([2H])C. The van der Waals surface area contributed by atoms with Crippen LogP contribution in [0.4, 0.5) is 13.2 Å². The van der Waals surface area contributed by atoms with Crippen molar-refractivity contribution >= 4 is 16.7 Å². The summed E-state index contributed by atoms with van der Waals surface area (Å²) in [7, 11) is 0. The standard InChI is InChI=1S/C28H30F3NO5/c1-4-26(2,3)24-10-17-9-16(20(29)13-21(17)32(24)14-19(34)15-33)11-25(35)27(7-8-27)18-5-6-22-23(12-18)37-28(30,31)36-22/h5-6,9-10,12-13,19,33-34H,4,7-8,11,14-15H2,1-3H3/t19-/m0/s1/i2D3,4D2,7D2,8D2,19D/t19-,26?. The Morgan fingerprint density at radius 2 is 2.03 bits per heavy atom. The zero-order chi connectivity index (χ0) is 35.6. The third kappa shape index (κ3) is 4.48. The number of ether oxygens (including phenoxy) is 2. The zero-order valence-corrected chi connectivity index (χ0v) is 19.8. The van der Waals surface area contributed by atoms with Gasteiger partial charge in [0.15, 0.2) is 11.5 Å². The number of carbonyl (C=O) groups excluding carboxylic acids is 1. The molecule has 3 aromatic rings. The van der Waals surface area contributed by atoms with Crippen molar-refractivity contribution in [2.45, 2.75) is 76.0 Å². The zero-order valence-electron chi connectivity index (χ0n) is 29.8. The number of aromatic nitrogens is 1. The van der Waals surface area contributed by atoms with Crippen LogP contribution in [0, 0.1) is 5.82 Å². The molecule has 0 saturated heterocycles. The summed E-state index contributed by atoms with van der Waals surface area (Å²) < 4.78 is 136. The lowest BCUT2D eigenvalue weighted by atomic mass is 9.86. The van der Waals surface area contributed by atoms with Crippen molar-refractivity contribution in [3.8, 4) is 11.5 Å². The van der Waals surface area contributed by atoms with Crippen LogP contribution in [-0.4, -0.2) is 39.5 Å². The van der Waals surface area contributed by atoms with Crippen molar-refractivity contribution < 1.29 is 51.4 Å². The predicted molar refractivity (Wildman–Crippen MR) is 131 cm³/mol. The van der Waals surface area contributed by atoms with Crippen molar-refractivity contribution in [3.05, 3.63) is 59.0 Å². The minimum absolute atomic E-state index is 0.0267. The van der Waals surface area contributed by atoms with Gasteiger partial charge in [0.05, 0.1) is 31.5 Å². The summed E-state index contributed by atoms with van der Waals surface area (Å²) in [6, 6.07) is 5.99. The number of carbonyl (C=O) groups is 1. The van der Waals surface area contributed by atoms with E-state index in [-0.39, 0.29) is 22.2 Å². The Morgan fingerprint density at radius 3 is 2.68 bits per heavy atom. The van der Waals surface area contributed by atoms with E-state index in [0.717, 1.165) is 48.7 Å². The monoisotopic (exact) mass is 527 g/mol. The molecule has 2 atom stereocenters. The summed E-state index contributed by atoms with van der Waals surface area (Å²) in [6.07, 6.45) is -15.8. The number of nitrogens with zero attached hydrogens (tertiary/aromatic N) is 1. The van der Waals surface area contributed by atoms with Gasteiger partial charge in [-0.25, -0.2) is 4.39 Å². The average Bonchev–Trinajstić information content (AvgIpc) is 3.19. The first-order valence-electron chi connectivity index (χ1n) is 16.3. The van der Waals surface area contributed by atoms with Crippen LogP contribution in [0.2, 0.25) is 0 Å². The Morgan fingerprint density at radius 1 is 1.30 bits per heavy atom. The Hall–Kier alpha value is -3.04. The van der Waals surface area contributed by atoms with Crippen molar-refractivity contribution in [1.29, 1.82) is 0 Å². The van der Waals surface area contributed by atoms with Gasteiger partial charge in [-0.1, -0.05) is 26.8 Å². The van der Waals surface area contributed by atoms with Gasteiger partial charge in [0, 0.05) is 35.3 Å². The second kappa shape index (κ2) is 8.77. The van der Waals surface area contributed by atoms with E-state index in [1.54, 1.807) is 0 Å². The van der Waals surface area contributed by atoms with E-state index in [0.29, 0.717) is 0 Å². The smallest absolute Gasteiger partial charge is 0.395 e. The summed E-state index contributed by atoms with van der Waals surface area (Å²) in [5.41, 5.74) is -6.08. The molecule has 2 aromatic carbocycles. The molecular weight excluding hydrogens is 487 g/mol. The predicted octanol–water partition coefficient (Wildman–Crippen LogP) is 4.99. The largest absolute Gasteiger partial charge is 0.586 e. The van der Waals surface area contributed by atoms with Gasteiger partial charge in [0.25, 0.3) is 0 Å². The van der Waals surface area contributed by atoms with Crippen molar-refractivity contribution in [2.24, 2.45) is 0 Å². The molecule has 2 N–H and O–H groups in total. The van der Waals surface area contributed by atoms with Crippen molar-refractivity contribution in [1.82, 2.24) is 4.57 Å². The summed E-state index contributed by atoms with van der Waals surface area (Å²) in [5, 5.41) is 20.0. The van der Waals surface area contributed by atoms with E-state index in [1.807, 2.05) is 0 Å². The van der Waals surface area contributed by atoms with E-state index in [4.69, 9.17) is 13.7 Å². The molecule has 198 valence electrons. The molecule has 1 aromatic heterocycles. The molecule has 5 rings (SSSR count). The number of benzene rings is 2. The summed E-state index contributed by atoms with van der Waals surface area (Å²) in [4.78, 5) is 13.9. The molecule has 37 heavy (non-hydrogen) atoms. The van der Waals surface area contributed by atoms with Gasteiger partial charge < -0.3 is 24.3 Å². The van der Waals surface area contributed by atoms with Crippen LogP contribution in [0.25, 0.3) is 10.9 Å². The van der Waals surface area contributed by atoms with Crippen LogP contribution in [0.3, 0.4) is 0 Å². The number of rotatable bonds is 9. The number of aliphatic hydroxyl groups excluding tert-OH is 1. The fourth-order valence-corrected chi connectivity index (χ4v) is 4.41. The Labute approximate surface area is 226 Å². The molecular formula is C28H30F3NO5. The van der Waals surface area contributed by atoms with Gasteiger partial charge in [0.2, 0.25) is 0 Å². The molecule has 2 heterocycles. The van der Waals surface area contributed by atoms with E-state index < -0.39 is 97.4 Å². The maximum Gasteiger partial charge on any atom is 0.586 e. The van der Waals surface area contributed by atoms with Crippen LogP contribution >= 0.6 is 0 Å². The van der Waals surface area contributed by atoms with E-state index in [1.165, 1.54) is 6.07 Å². The molecule has 0 amide bonds. The third-order valence-electron chi connectivity index (χ3n) is 6.58. The van der Waals surface area contributed by atoms with Crippen molar-refractivity contribution in [3.63, 3.8) is 0 Å². The third-order valence-corrected chi connectivity index (χ3v) is 6.58. The molecule has 1 aliphatic heterocycles. The normalized spacial score (nSPS) is 27.9. The number of ketones is 1. The number of aliphatic hydroxyl groups is 2. The Balaban J connectivity index is 1.64. The summed E-state index contributed by atoms with van der Waals surface area (Å²) in [6.45, 7) is -2.85. The average molecular weight is 528 g/mol. The Kier molecular flexibility index (Phi) is 3.80. The molecule has 1 unspecified atom stereocenters. The van der Waals surface area contributed by atoms with Gasteiger partial charge in [-0.05, 0) is 60.6 Å². The number of hydrogen-bond acceptors (Lipinski definition) is 5. The highest BCUT2D eigenvalue weighted by Gasteiger charge is 2.52. The molecule has 1 saturated carbocycles. The number of halogens is 3. The maximum absolute atomic E-state index is 15.8. The van der Waals surface area contributed by atoms with E-state index in [2.05, 4.69) is 9.47 Å². The Bertz CT molecular complexity index is 1760. The highest BCUT2D eigenvalue weighted by Crippen LogP contribution is 2.52. The molecule has 1 fully saturated rings. The van der Waals surface area contributed by atoms with Gasteiger partial charge in [-0.15, -0.1) is 8.78 Å². The van der Waals surface area contributed by atoms with Gasteiger partial charge in [0.1, 0.15) is 11.6 Å². The molecule has 1 aliphatic carbocycles.